The number of benzene rings is 1. The van der Waals surface area contributed by atoms with Gasteiger partial charge in [0.2, 0.25) is 5.95 Å². The molecule has 150 valence electrons. The Balaban J connectivity index is 1.91. The second-order valence-corrected chi connectivity index (χ2v) is 6.71. The lowest BCUT2D eigenvalue weighted by Crippen LogP contribution is -2.31. The Morgan fingerprint density at radius 2 is 2.11 bits per heavy atom. The Labute approximate surface area is 164 Å². The molecule has 0 aliphatic heterocycles. The highest BCUT2D eigenvalue weighted by atomic mass is 16.5. The Morgan fingerprint density at radius 1 is 1.32 bits per heavy atom. The second-order valence-electron chi connectivity index (χ2n) is 6.71. The lowest BCUT2D eigenvalue weighted by atomic mass is 10.1. The third kappa shape index (κ3) is 3.94. The predicted octanol–water partition coefficient (Wildman–Crippen LogP) is 2.14. The van der Waals surface area contributed by atoms with E-state index in [0.717, 1.165) is 12.0 Å². The van der Waals surface area contributed by atoms with Gasteiger partial charge in [-0.05, 0) is 25.0 Å². The Hall–Kier alpha value is -3.07. The van der Waals surface area contributed by atoms with Crippen LogP contribution in [-0.4, -0.2) is 43.9 Å². The summed E-state index contributed by atoms with van der Waals surface area (Å²) in [6, 6.07) is 5.50. The highest BCUT2D eigenvalue weighted by Crippen LogP contribution is 2.27. The van der Waals surface area contributed by atoms with Crippen molar-refractivity contribution in [2.75, 3.05) is 23.5 Å². The number of fused-ring (bicyclic) bond motifs is 1. The fourth-order valence-electron chi connectivity index (χ4n) is 3.02. The number of nitrogens with one attached hydrogen (secondary N) is 2. The fraction of sp³-hybridized carbons (Fsp3) is 0.421. The maximum absolute atomic E-state index is 9.93. The first-order valence-corrected chi connectivity index (χ1v) is 9.23. The number of aliphatic hydroxyl groups is 1. The molecule has 0 amide bonds. The molecule has 28 heavy (non-hydrogen) atoms. The minimum atomic E-state index is -0.524. The average Bonchev–Trinajstić information content (AvgIpc) is 3.06. The lowest BCUT2D eigenvalue weighted by Gasteiger charge is -2.20. The van der Waals surface area contributed by atoms with Crippen molar-refractivity contribution in [3.63, 3.8) is 0 Å². The molecule has 2 unspecified atom stereocenters. The molecule has 2 aromatic heterocycles. The third-order valence-corrected chi connectivity index (χ3v) is 4.72. The number of methoxy groups -OCH3 is 1. The van der Waals surface area contributed by atoms with Gasteiger partial charge in [-0.1, -0.05) is 19.1 Å². The zero-order chi connectivity index (χ0) is 20.3. The summed E-state index contributed by atoms with van der Waals surface area (Å²) in [4.78, 5) is 13.5. The van der Waals surface area contributed by atoms with Gasteiger partial charge in [-0.3, -0.25) is 0 Å². The number of imidazole rings is 1. The first-order chi connectivity index (χ1) is 13.4. The zero-order valence-corrected chi connectivity index (χ0v) is 16.6. The van der Waals surface area contributed by atoms with E-state index in [2.05, 4.69) is 25.6 Å². The molecule has 9 heteroatoms. The van der Waals surface area contributed by atoms with Crippen molar-refractivity contribution in [1.82, 2.24) is 19.5 Å². The molecule has 0 bridgehead atoms. The summed E-state index contributed by atoms with van der Waals surface area (Å²) in [5.74, 6) is 1.66. The molecular weight excluding hydrogens is 358 g/mol. The summed E-state index contributed by atoms with van der Waals surface area (Å²) in [7, 11) is 3.47. The number of para-hydroxylation sites is 1. The Bertz CT molecular complexity index is 955. The number of aliphatic hydroxyl groups excluding tert-OH is 1. The summed E-state index contributed by atoms with van der Waals surface area (Å²) >= 11 is 0. The van der Waals surface area contributed by atoms with Gasteiger partial charge in [0.15, 0.2) is 17.0 Å². The SMILES string of the molecule is CCC(Nc1nc(NCc2cccc(OC)c2N)c2ncn(C)c2n1)C(C)O. The minimum Gasteiger partial charge on any atom is -0.495 e. The molecule has 9 nitrogen and oxygen atoms in total. The average molecular weight is 385 g/mol. The van der Waals surface area contributed by atoms with Crippen molar-refractivity contribution in [2.24, 2.45) is 7.05 Å². The zero-order valence-electron chi connectivity index (χ0n) is 16.6. The first-order valence-electron chi connectivity index (χ1n) is 9.23. The van der Waals surface area contributed by atoms with Crippen molar-refractivity contribution in [3.05, 3.63) is 30.1 Å². The monoisotopic (exact) mass is 385 g/mol. The van der Waals surface area contributed by atoms with E-state index >= 15 is 0 Å². The summed E-state index contributed by atoms with van der Waals surface area (Å²) in [5, 5.41) is 16.4. The number of aryl methyl sites for hydroxylation is 1. The van der Waals surface area contributed by atoms with E-state index in [1.165, 1.54) is 0 Å². The third-order valence-electron chi connectivity index (χ3n) is 4.72. The predicted molar refractivity (Wildman–Crippen MR) is 110 cm³/mol. The largest absolute Gasteiger partial charge is 0.495 e. The van der Waals surface area contributed by atoms with E-state index in [0.29, 0.717) is 40.9 Å². The highest BCUT2D eigenvalue weighted by molar-refractivity contribution is 5.84. The van der Waals surface area contributed by atoms with Crippen molar-refractivity contribution in [1.29, 1.82) is 0 Å². The van der Waals surface area contributed by atoms with E-state index in [1.807, 2.05) is 36.7 Å². The van der Waals surface area contributed by atoms with Gasteiger partial charge in [-0.2, -0.15) is 9.97 Å². The standard InChI is InChI=1S/C19H27N7O2/c1-5-13(11(2)27)23-19-24-17(16-18(25-19)26(3)10-22-16)21-9-12-7-6-8-14(28-4)15(12)20/h6-8,10-11,13,27H,5,9,20H2,1-4H3,(H2,21,23,24,25). The molecule has 2 atom stereocenters. The van der Waals surface area contributed by atoms with Gasteiger partial charge in [0.05, 0.1) is 31.3 Å². The molecule has 3 aromatic rings. The number of rotatable bonds is 8. The highest BCUT2D eigenvalue weighted by Gasteiger charge is 2.17. The van der Waals surface area contributed by atoms with Gasteiger partial charge in [0.25, 0.3) is 0 Å². The lowest BCUT2D eigenvalue weighted by molar-refractivity contribution is 0.169. The van der Waals surface area contributed by atoms with Gasteiger partial charge >= 0.3 is 0 Å². The number of nitrogens with zero attached hydrogens (tertiary/aromatic N) is 4. The molecule has 3 rings (SSSR count). The Morgan fingerprint density at radius 3 is 2.79 bits per heavy atom. The van der Waals surface area contributed by atoms with Crippen LogP contribution >= 0.6 is 0 Å². The summed E-state index contributed by atoms with van der Waals surface area (Å²) in [5.41, 5.74) is 9.00. The van der Waals surface area contributed by atoms with Gasteiger partial charge in [0.1, 0.15) is 5.75 Å². The van der Waals surface area contributed by atoms with Gasteiger partial charge in [0, 0.05) is 13.6 Å². The van der Waals surface area contributed by atoms with Crippen LogP contribution < -0.4 is 21.1 Å². The fourth-order valence-corrected chi connectivity index (χ4v) is 3.02. The molecule has 2 heterocycles. The molecule has 5 N–H and O–H groups in total. The first kappa shape index (κ1) is 19.7. The van der Waals surface area contributed by atoms with Crippen LogP contribution in [0.2, 0.25) is 0 Å². The van der Waals surface area contributed by atoms with Crippen LogP contribution in [0.15, 0.2) is 24.5 Å². The molecular formula is C19H27N7O2. The van der Waals surface area contributed by atoms with Crippen molar-refractivity contribution in [3.8, 4) is 5.75 Å². The van der Waals surface area contributed by atoms with Crippen LogP contribution in [0.5, 0.6) is 5.75 Å². The number of anilines is 3. The molecule has 1 aromatic carbocycles. The van der Waals surface area contributed by atoms with Crippen LogP contribution in [0.4, 0.5) is 17.5 Å². The van der Waals surface area contributed by atoms with E-state index in [-0.39, 0.29) is 6.04 Å². The molecule has 0 aliphatic rings. The molecule has 0 aliphatic carbocycles. The van der Waals surface area contributed by atoms with E-state index in [1.54, 1.807) is 20.4 Å². The number of ether oxygens (including phenoxy) is 1. The molecule has 0 saturated carbocycles. The van der Waals surface area contributed by atoms with Crippen LogP contribution in [-0.2, 0) is 13.6 Å². The Kier molecular flexibility index (Phi) is 5.84. The van der Waals surface area contributed by atoms with Crippen molar-refractivity contribution < 1.29 is 9.84 Å². The normalized spacial score (nSPS) is 13.3. The van der Waals surface area contributed by atoms with Crippen molar-refractivity contribution >= 4 is 28.6 Å². The van der Waals surface area contributed by atoms with Crippen molar-refractivity contribution in [2.45, 2.75) is 39.0 Å². The quantitative estimate of drug-likeness (QED) is 0.435. The second kappa shape index (κ2) is 8.30. The smallest absolute Gasteiger partial charge is 0.227 e. The van der Waals surface area contributed by atoms with Crippen LogP contribution in [0, 0.1) is 0 Å². The number of nitrogens with two attached hydrogens (primary N) is 1. The minimum absolute atomic E-state index is 0.146. The molecule has 0 saturated heterocycles. The molecule has 0 radical (unpaired) electrons. The summed E-state index contributed by atoms with van der Waals surface area (Å²) in [6.45, 7) is 4.20. The number of hydrogen-bond acceptors (Lipinski definition) is 8. The van der Waals surface area contributed by atoms with Gasteiger partial charge < -0.3 is 30.8 Å². The maximum Gasteiger partial charge on any atom is 0.227 e. The number of nitrogen functional groups attached to an aromatic ring is 1. The van der Waals surface area contributed by atoms with Gasteiger partial charge in [-0.15, -0.1) is 0 Å². The van der Waals surface area contributed by atoms with Crippen LogP contribution in [0.25, 0.3) is 11.2 Å². The maximum atomic E-state index is 9.93. The van der Waals surface area contributed by atoms with Crippen LogP contribution in [0.3, 0.4) is 0 Å². The summed E-state index contributed by atoms with van der Waals surface area (Å²) in [6.07, 6.45) is 1.91. The summed E-state index contributed by atoms with van der Waals surface area (Å²) < 4.78 is 7.11. The molecule has 0 spiro atoms. The number of hydrogen-bond donors (Lipinski definition) is 4. The molecule has 0 fully saturated rings. The van der Waals surface area contributed by atoms with E-state index in [9.17, 15) is 5.11 Å². The van der Waals surface area contributed by atoms with Crippen LogP contribution in [0.1, 0.15) is 25.8 Å². The number of aromatic nitrogens is 4. The topological polar surface area (TPSA) is 123 Å². The van der Waals surface area contributed by atoms with E-state index < -0.39 is 6.10 Å². The van der Waals surface area contributed by atoms with Gasteiger partial charge in [-0.25, -0.2) is 4.98 Å². The van der Waals surface area contributed by atoms with E-state index in [4.69, 9.17) is 10.5 Å².